The fraction of sp³-hybridized carbons (Fsp3) is 0.625. The highest BCUT2D eigenvalue weighted by Gasteiger charge is 2.29. The van der Waals surface area contributed by atoms with Crippen LogP contribution in [0.5, 0.6) is 0 Å². The van der Waals surface area contributed by atoms with Crippen molar-refractivity contribution in [3.63, 3.8) is 0 Å². The summed E-state index contributed by atoms with van der Waals surface area (Å²) in [7, 11) is 0. The second-order valence-corrected chi connectivity index (χ2v) is 6.56. The molecule has 0 aromatic heterocycles. The predicted molar refractivity (Wildman–Crippen MR) is 79.4 cm³/mol. The number of benzene rings is 1. The SMILES string of the molecule is CC1CN(c2ccc(C(C)C)cc2)CC(C)(C)N1. The van der Waals surface area contributed by atoms with Gasteiger partial charge in [-0.3, -0.25) is 0 Å². The summed E-state index contributed by atoms with van der Waals surface area (Å²) in [5, 5.41) is 3.64. The number of nitrogens with one attached hydrogen (secondary N) is 1. The number of piperazine rings is 1. The van der Waals surface area contributed by atoms with Gasteiger partial charge in [0.1, 0.15) is 0 Å². The number of anilines is 1. The highest BCUT2D eigenvalue weighted by Crippen LogP contribution is 2.24. The van der Waals surface area contributed by atoms with Crippen molar-refractivity contribution in [3.8, 4) is 0 Å². The van der Waals surface area contributed by atoms with E-state index in [9.17, 15) is 0 Å². The van der Waals surface area contributed by atoms with Crippen molar-refractivity contribution in [2.24, 2.45) is 0 Å². The van der Waals surface area contributed by atoms with Gasteiger partial charge in [0.2, 0.25) is 0 Å². The van der Waals surface area contributed by atoms with Gasteiger partial charge in [-0.05, 0) is 44.4 Å². The number of hydrogen-bond donors (Lipinski definition) is 1. The van der Waals surface area contributed by atoms with Gasteiger partial charge in [-0.1, -0.05) is 26.0 Å². The summed E-state index contributed by atoms with van der Waals surface area (Å²) in [6.45, 7) is 13.4. The van der Waals surface area contributed by atoms with Crippen molar-refractivity contribution in [3.05, 3.63) is 29.8 Å². The smallest absolute Gasteiger partial charge is 0.0367 e. The largest absolute Gasteiger partial charge is 0.368 e. The molecule has 1 fully saturated rings. The molecule has 0 amide bonds. The van der Waals surface area contributed by atoms with Crippen molar-refractivity contribution in [1.82, 2.24) is 5.32 Å². The molecule has 2 heteroatoms. The second-order valence-electron chi connectivity index (χ2n) is 6.56. The van der Waals surface area contributed by atoms with Crippen LogP contribution in [0.4, 0.5) is 5.69 Å². The lowest BCUT2D eigenvalue weighted by molar-refractivity contribution is 0.301. The Morgan fingerprint density at radius 3 is 2.33 bits per heavy atom. The predicted octanol–water partition coefficient (Wildman–Crippen LogP) is 3.39. The van der Waals surface area contributed by atoms with Crippen LogP contribution < -0.4 is 10.2 Å². The normalized spacial score (nSPS) is 23.4. The first-order valence-electron chi connectivity index (χ1n) is 7.00. The van der Waals surface area contributed by atoms with Crippen molar-refractivity contribution in [2.45, 2.75) is 52.1 Å². The fourth-order valence-electron chi connectivity index (χ4n) is 2.90. The van der Waals surface area contributed by atoms with Gasteiger partial charge in [-0.15, -0.1) is 0 Å². The zero-order chi connectivity index (χ0) is 13.3. The lowest BCUT2D eigenvalue weighted by Gasteiger charge is -2.44. The van der Waals surface area contributed by atoms with Crippen molar-refractivity contribution in [2.75, 3.05) is 18.0 Å². The highest BCUT2D eigenvalue weighted by molar-refractivity contribution is 5.49. The molecule has 1 unspecified atom stereocenters. The van der Waals surface area contributed by atoms with E-state index in [0.717, 1.165) is 13.1 Å². The molecule has 2 nitrogen and oxygen atoms in total. The van der Waals surface area contributed by atoms with E-state index in [4.69, 9.17) is 0 Å². The molecule has 1 aliphatic rings. The first-order chi connectivity index (χ1) is 8.37. The molecule has 1 aromatic carbocycles. The minimum atomic E-state index is 0.189. The lowest BCUT2D eigenvalue weighted by atomic mass is 9.97. The summed E-state index contributed by atoms with van der Waals surface area (Å²) in [5.74, 6) is 0.609. The maximum atomic E-state index is 3.64. The molecule has 1 heterocycles. The summed E-state index contributed by atoms with van der Waals surface area (Å²) in [5.41, 5.74) is 2.95. The molecule has 0 bridgehead atoms. The number of hydrogen-bond acceptors (Lipinski definition) is 2. The molecular formula is C16H26N2. The van der Waals surface area contributed by atoms with Crippen LogP contribution in [-0.2, 0) is 0 Å². The molecule has 1 aromatic rings. The summed E-state index contributed by atoms with van der Waals surface area (Å²) in [4.78, 5) is 2.49. The minimum absolute atomic E-state index is 0.189. The van der Waals surface area contributed by atoms with Gasteiger partial charge in [0.25, 0.3) is 0 Å². The Hall–Kier alpha value is -1.02. The quantitative estimate of drug-likeness (QED) is 0.860. The Balaban J connectivity index is 2.15. The summed E-state index contributed by atoms with van der Waals surface area (Å²) in [6.07, 6.45) is 0. The third-order valence-electron chi connectivity index (χ3n) is 3.64. The van der Waals surface area contributed by atoms with E-state index in [-0.39, 0.29) is 5.54 Å². The van der Waals surface area contributed by atoms with E-state index in [1.54, 1.807) is 0 Å². The first-order valence-corrected chi connectivity index (χ1v) is 7.00. The first kappa shape index (κ1) is 13.4. The maximum Gasteiger partial charge on any atom is 0.0367 e. The topological polar surface area (TPSA) is 15.3 Å². The van der Waals surface area contributed by atoms with E-state index in [2.05, 4.69) is 69.1 Å². The molecule has 2 rings (SSSR count). The number of rotatable bonds is 2. The third-order valence-corrected chi connectivity index (χ3v) is 3.64. The van der Waals surface area contributed by atoms with Gasteiger partial charge in [0, 0.05) is 30.4 Å². The minimum Gasteiger partial charge on any atom is -0.368 e. The van der Waals surface area contributed by atoms with E-state index in [0.29, 0.717) is 12.0 Å². The molecular weight excluding hydrogens is 220 g/mol. The molecule has 1 atom stereocenters. The average Bonchev–Trinajstić information content (AvgIpc) is 2.26. The van der Waals surface area contributed by atoms with E-state index < -0.39 is 0 Å². The van der Waals surface area contributed by atoms with Gasteiger partial charge in [0.05, 0.1) is 0 Å². The number of nitrogens with zero attached hydrogens (tertiary/aromatic N) is 1. The lowest BCUT2D eigenvalue weighted by Crippen LogP contribution is -2.61. The van der Waals surface area contributed by atoms with Crippen molar-refractivity contribution < 1.29 is 0 Å². The molecule has 1 saturated heterocycles. The molecule has 1 N–H and O–H groups in total. The molecule has 0 aliphatic carbocycles. The Morgan fingerprint density at radius 2 is 1.83 bits per heavy atom. The van der Waals surface area contributed by atoms with Gasteiger partial charge in [-0.25, -0.2) is 0 Å². The third kappa shape index (κ3) is 3.05. The maximum absolute atomic E-state index is 3.64. The van der Waals surface area contributed by atoms with E-state index >= 15 is 0 Å². The zero-order valence-corrected chi connectivity index (χ0v) is 12.3. The second kappa shape index (κ2) is 4.93. The van der Waals surface area contributed by atoms with Crippen LogP contribution >= 0.6 is 0 Å². The van der Waals surface area contributed by atoms with Crippen LogP contribution in [0.15, 0.2) is 24.3 Å². The Labute approximate surface area is 111 Å². The summed E-state index contributed by atoms with van der Waals surface area (Å²) < 4.78 is 0. The van der Waals surface area contributed by atoms with E-state index in [1.165, 1.54) is 11.3 Å². The molecule has 0 saturated carbocycles. The van der Waals surface area contributed by atoms with Crippen LogP contribution in [0, 0.1) is 0 Å². The van der Waals surface area contributed by atoms with Crippen LogP contribution in [0.25, 0.3) is 0 Å². The van der Waals surface area contributed by atoms with Gasteiger partial charge in [-0.2, -0.15) is 0 Å². The van der Waals surface area contributed by atoms with Gasteiger partial charge in [0.15, 0.2) is 0 Å². The van der Waals surface area contributed by atoms with Gasteiger partial charge < -0.3 is 10.2 Å². The molecule has 0 radical (unpaired) electrons. The molecule has 0 spiro atoms. The Kier molecular flexibility index (Phi) is 3.67. The van der Waals surface area contributed by atoms with Crippen molar-refractivity contribution >= 4 is 5.69 Å². The molecule has 1 aliphatic heterocycles. The van der Waals surface area contributed by atoms with Crippen LogP contribution in [0.3, 0.4) is 0 Å². The zero-order valence-electron chi connectivity index (χ0n) is 12.3. The highest BCUT2D eigenvalue weighted by atomic mass is 15.2. The average molecular weight is 246 g/mol. The standard InChI is InChI=1S/C16H26N2/c1-12(2)14-6-8-15(9-7-14)18-10-13(3)17-16(4,5)11-18/h6-9,12-13,17H,10-11H2,1-5H3. The fourth-order valence-corrected chi connectivity index (χ4v) is 2.90. The molecule has 100 valence electrons. The Morgan fingerprint density at radius 1 is 1.22 bits per heavy atom. The van der Waals surface area contributed by atoms with E-state index in [1.807, 2.05) is 0 Å². The monoisotopic (exact) mass is 246 g/mol. The summed E-state index contributed by atoms with van der Waals surface area (Å²) >= 11 is 0. The van der Waals surface area contributed by atoms with Crippen molar-refractivity contribution in [1.29, 1.82) is 0 Å². The molecule has 18 heavy (non-hydrogen) atoms. The Bertz CT molecular complexity index is 392. The van der Waals surface area contributed by atoms with Gasteiger partial charge >= 0.3 is 0 Å². The van der Waals surface area contributed by atoms with Crippen LogP contribution in [0.2, 0.25) is 0 Å². The van der Waals surface area contributed by atoms with Crippen LogP contribution in [-0.4, -0.2) is 24.7 Å². The summed E-state index contributed by atoms with van der Waals surface area (Å²) in [6, 6.07) is 9.60. The van der Waals surface area contributed by atoms with Crippen LogP contribution in [0.1, 0.15) is 46.1 Å².